The first-order valence-corrected chi connectivity index (χ1v) is 7.03. The predicted octanol–water partition coefficient (Wildman–Crippen LogP) is 0.783. The summed E-state index contributed by atoms with van der Waals surface area (Å²) in [7, 11) is 0. The van der Waals surface area contributed by atoms with E-state index in [1.807, 2.05) is 30.3 Å². The summed E-state index contributed by atoms with van der Waals surface area (Å²) in [4.78, 5) is 13.2. The molecule has 0 aliphatic rings. The van der Waals surface area contributed by atoms with E-state index in [1.165, 1.54) is 11.1 Å². The van der Waals surface area contributed by atoms with Crippen molar-refractivity contribution < 1.29 is 14.3 Å². The highest BCUT2D eigenvalue weighted by Crippen LogP contribution is 2.13. The van der Waals surface area contributed by atoms with Gasteiger partial charge >= 0.3 is 0 Å². The van der Waals surface area contributed by atoms with E-state index < -0.39 is 6.04 Å². The standard InChI is InChI=1S/C15H15N5O3/c21-10-12(13-7-4-8-23-13)16-14(22)9-20-18-15(17-19-20)11-5-2-1-3-6-11/h1-8,12,21H,9-10H2,(H,16,22). The summed E-state index contributed by atoms with van der Waals surface area (Å²) in [5.74, 6) is 0.581. The van der Waals surface area contributed by atoms with Crippen molar-refractivity contribution >= 4 is 5.91 Å². The number of aromatic nitrogens is 4. The van der Waals surface area contributed by atoms with Crippen molar-refractivity contribution in [3.05, 3.63) is 54.5 Å². The Labute approximate surface area is 131 Å². The fraction of sp³-hybridized carbons (Fsp3) is 0.200. The van der Waals surface area contributed by atoms with Crippen LogP contribution in [0.2, 0.25) is 0 Å². The molecule has 0 saturated carbocycles. The summed E-state index contributed by atoms with van der Waals surface area (Å²) < 4.78 is 5.17. The summed E-state index contributed by atoms with van der Waals surface area (Å²) in [6.45, 7) is -0.365. The summed E-state index contributed by atoms with van der Waals surface area (Å²) in [5, 5.41) is 23.9. The molecule has 0 fully saturated rings. The van der Waals surface area contributed by atoms with Crippen LogP contribution in [0.1, 0.15) is 11.8 Å². The van der Waals surface area contributed by atoms with Crippen LogP contribution in [0.3, 0.4) is 0 Å². The molecule has 0 aliphatic carbocycles. The topological polar surface area (TPSA) is 106 Å². The molecular formula is C15H15N5O3. The third-order valence-corrected chi connectivity index (χ3v) is 3.17. The van der Waals surface area contributed by atoms with Gasteiger partial charge in [0.15, 0.2) is 0 Å². The Balaban J connectivity index is 1.63. The van der Waals surface area contributed by atoms with Crippen molar-refractivity contribution in [3.8, 4) is 11.4 Å². The quantitative estimate of drug-likeness (QED) is 0.696. The summed E-state index contributed by atoms with van der Waals surface area (Å²) in [6.07, 6.45) is 1.48. The van der Waals surface area contributed by atoms with Crippen molar-refractivity contribution in [1.82, 2.24) is 25.5 Å². The van der Waals surface area contributed by atoms with Crippen LogP contribution in [0.15, 0.2) is 53.1 Å². The molecule has 1 unspecified atom stereocenters. The minimum Gasteiger partial charge on any atom is -0.467 e. The van der Waals surface area contributed by atoms with E-state index in [0.29, 0.717) is 11.6 Å². The number of hydrogen-bond acceptors (Lipinski definition) is 6. The van der Waals surface area contributed by atoms with Gasteiger partial charge in [-0.05, 0) is 17.3 Å². The van der Waals surface area contributed by atoms with E-state index in [1.54, 1.807) is 12.1 Å². The molecule has 23 heavy (non-hydrogen) atoms. The number of amides is 1. The van der Waals surface area contributed by atoms with Crippen molar-refractivity contribution in [2.45, 2.75) is 12.6 Å². The monoisotopic (exact) mass is 313 g/mol. The molecule has 8 heteroatoms. The maximum absolute atomic E-state index is 12.0. The number of carbonyl (C=O) groups excluding carboxylic acids is 1. The minimum atomic E-state index is -0.602. The number of furan rings is 1. The van der Waals surface area contributed by atoms with Crippen molar-refractivity contribution in [2.24, 2.45) is 0 Å². The van der Waals surface area contributed by atoms with Gasteiger partial charge in [-0.3, -0.25) is 4.79 Å². The Morgan fingerprint density at radius 2 is 2.09 bits per heavy atom. The largest absolute Gasteiger partial charge is 0.467 e. The van der Waals surface area contributed by atoms with Crippen LogP contribution >= 0.6 is 0 Å². The van der Waals surface area contributed by atoms with Crippen LogP contribution in [0.25, 0.3) is 11.4 Å². The number of rotatable bonds is 6. The van der Waals surface area contributed by atoms with Crippen molar-refractivity contribution in [3.63, 3.8) is 0 Å². The van der Waals surface area contributed by atoms with Gasteiger partial charge in [-0.15, -0.1) is 10.2 Å². The van der Waals surface area contributed by atoms with Gasteiger partial charge in [0.2, 0.25) is 11.7 Å². The van der Waals surface area contributed by atoms with E-state index in [9.17, 15) is 9.90 Å². The Hall–Kier alpha value is -3.00. The van der Waals surface area contributed by atoms with Gasteiger partial charge in [0.1, 0.15) is 18.3 Å². The van der Waals surface area contributed by atoms with Gasteiger partial charge in [-0.1, -0.05) is 30.3 Å². The number of aliphatic hydroxyl groups excluding tert-OH is 1. The Morgan fingerprint density at radius 1 is 1.26 bits per heavy atom. The first-order chi connectivity index (χ1) is 11.3. The van der Waals surface area contributed by atoms with Crippen LogP contribution in [0.5, 0.6) is 0 Å². The smallest absolute Gasteiger partial charge is 0.244 e. The maximum atomic E-state index is 12.0. The molecule has 2 N–H and O–H groups in total. The second kappa shape index (κ2) is 6.84. The summed E-state index contributed by atoms with van der Waals surface area (Å²) in [5.41, 5.74) is 0.822. The number of nitrogens with zero attached hydrogens (tertiary/aromatic N) is 4. The van der Waals surface area contributed by atoms with Crippen LogP contribution in [-0.2, 0) is 11.3 Å². The lowest BCUT2D eigenvalue weighted by Gasteiger charge is -2.13. The lowest BCUT2D eigenvalue weighted by molar-refractivity contribution is -0.123. The number of nitrogens with one attached hydrogen (secondary N) is 1. The highest BCUT2D eigenvalue weighted by Gasteiger charge is 2.17. The molecule has 1 atom stereocenters. The SMILES string of the molecule is O=C(Cn1nnc(-c2ccccc2)n1)NC(CO)c1ccco1. The van der Waals surface area contributed by atoms with Gasteiger partial charge in [0, 0.05) is 5.56 Å². The Bertz CT molecular complexity index is 755. The zero-order chi connectivity index (χ0) is 16.1. The third-order valence-electron chi connectivity index (χ3n) is 3.17. The van der Waals surface area contributed by atoms with E-state index >= 15 is 0 Å². The molecule has 0 radical (unpaired) electrons. The van der Waals surface area contributed by atoms with Crippen LogP contribution in [0, 0.1) is 0 Å². The predicted molar refractivity (Wildman–Crippen MR) is 79.9 cm³/mol. The molecule has 3 rings (SSSR count). The number of benzene rings is 1. The molecule has 3 aromatic rings. The summed E-state index contributed by atoms with van der Waals surface area (Å²) >= 11 is 0. The van der Waals surface area contributed by atoms with E-state index in [0.717, 1.165) is 5.56 Å². The van der Waals surface area contributed by atoms with Crippen molar-refractivity contribution in [2.75, 3.05) is 6.61 Å². The minimum absolute atomic E-state index is 0.100. The fourth-order valence-electron chi connectivity index (χ4n) is 2.08. The lowest BCUT2D eigenvalue weighted by atomic mass is 10.2. The molecule has 0 spiro atoms. The number of tetrazole rings is 1. The molecule has 0 saturated heterocycles. The average Bonchev–Trinajstić information content (AvgIpc) is 3.25. The Morgan fingerprint density at radius 3 is 2.78 bits per heavy atom. The molecule has 1 aromatic carbocycles. The van der Waals surface area contributed by atoms with Gasteiger partial charge < -0.3 is 14.8 Å². The highest BCUT2D eigenvalue weighted by atomic mass is 16.3. The maximum Gasteiger partial charge on any atom is 0.244 e. The number of aliphatic hydroxyl groups is 1. The summed E-state index contributed by atoms with van der Waals surface area (Å²) in [6, 6.07) is 12.1. The second-order valence-electron chi connectivity index (χ2n) is 4.83. The molecular weight excluding hydrogens is 298 g/mol. The van der Waals surface area contributed by atoms with Gasteiger partial charge in [-0.2, -0.15) is 4.80 Å². The zero-order valence-corrected chi connectivity index (χ0v) is 12.2. The Kier molecular flexibility index (Phi) is 4.44. The lowest BCUT2D eigenvalue weighted by Crippen LogP contribution is -2.33. The first kappa shape index (κ1) is 14.9. The molecule has 2 aromatic heterocycles. The molecule has 0 aliphatic heterocycles. The molecule has 0 bridgehead atoms. The third kappa shape index (κ3) is 3.61. The van der Waals surface area contributed by atoms with Crippen LogP contribution < -0.4 is 5.32 Å². The number of hydrogen-bond donors (Lipinski definition) is 2. The van der Waals surface area contributed by atoms with Crippen LogP contribution in [-0.4, -0.2) is 37.8 Å². The highest BCUT2D eigenvalue weighted by molar-refractivity contribution is 5.76. The molecule has 1 amide bonds. The average molecular weight is 313 g/mol. The van der Waals surface area contributed by atoms with E-state index in [4.69, 9.17) is 4.42 Å². The molecule has 118 valence electrons. The van der Waals surface area contributed by atoms with Gasteiger partial charge in [0.25, 0.3) is 0 Å². The zero-order valence-electron chi connectivity index (χ0n) is 12.2. The van der Waals surface area contributed by atoms with E-state index in [2.05, 4.69) is 20.7 Å². The van der Waals surface area contributed by atoms with Gasteiger partial charge in [-0.25, -0.2) is 0 Å². The normalized spacial score (nSPS) is 12.0. The fourth-order valence-corrected chi connectivity index (χ4v) is 2.08. The van der Waals surface area contributed by atoms with Gasteiger partial charge in [0.05, 0.1) is 12.9 Å². The number of carbonyl (C=O) groups is 1. The van der Waals surface area contributed by atoms with E-state index in [-0.39, 0.29) is 19.1 Å². The van der Waals surface area contributed by atoms with Crippen molar-refractivity contribution in [1.29, 1.82) is 0 Å². The molecule has 2 heterocycles. The first-order valence-electron chi connectivity index (χ1n) is 7.03. The van der Waals surface area contributed by atoms with Crippen LogP contribution in [0.4, 0.5) is 0 Å². The molecule has 8 nitrogen and oxygen atoms in total. The second-order valence-corrected chi connectivity index (χ2v) is 4.83.